The molecule has 3 heteroatoms. The van der Waals surface area contributed by atoms with Crippen molar-refractivity contribution in [3.05, 3.63) is 58.9 Å². The molecule has 0 aliphatic rings. The summed E-state index contributed by atoms with van der Waals surface area (Å²) in [5, 5.41) is 3.88. The molecule has 0 heterocycles. The number of halogens is 2. The van der Waals surface area contributed by atoms with Crippen LogP contribution in [0.4, 0.5) is 4.39 Å². The van der Waals surface area contributed by atoms with Gasteiger partial charge in [0.1, 0.15) is 5.82 Å². The number of rotatable bonds is 4. The van der Waals surface area contributed by atoms with Gasteiger partial charge in [0.05, 0.1) is 0 Å². The monoisotopic (exact) mass is 277 g/mol. The zero-order chi connectivity index (χ0) is 13.8. The molecule has 0 aliphatic heterocycles. The lowest BCUT2D eigenvalue weighted by Crippen LogP contribution is -2.21. The lowest BCUT2D eigenvalue weighted by molar-refractivity contribution is 0.586. The molecule has 0 bridgehead atoms. The largest absolute Gasteiger partial charge is 0.310 e. The van der Waals surface area contributed by atoms with Crippen molar-refractivity contribution in [1.82, 2.24) is 5.32 Å². The molecule has 2 aromatic carbocycles. The first-order chi connectivity index (χ1) is 9.08. The van der Waals surface area contributed by atoms with E-state index >= 15 is 0 Å². The van der Waals surface area contributed by atoms with Crippen LogP contribution < -0.4 is 5.32 Å². The molecular formula is C16H17ClFN. The maximum Gasteiger partial charge on any atom is 0.131 e. The summed E-state index contributed by atoms with van der Waals surface area (Å²) in [6.07, 6.45) is 0. The van der Waals surface area contributed by atoms with Gasteiger partial charge < -0.3 is 5.32 Å². The van der Waals surface area contributed by atoms with Gasteiger partial charge in [0, 0.05) is 28.7 Å². The highest BCUT2D eigenvalue weighted by molar-refractivity contribution is 6.33. The zero-order valence-corrected chi connectivity index (χ0v) is 11.8. The van der Waals surface area contributed by atoms with E-state index in [1.54, 1.807) is 12.1 Å². The van der Waals surface area contributed by atoms with Crippen molar-refractivity contribution >= 4 is 11.6 Å². The Bertz CT molecular complexity index is 566. The van der Waals surface area contributed by atoms with Gasteiger partial charge in [-0.25, -0.2) is 4.39 Å². The summed E-state index contributed by atoms with van der Waals surface area (Å²) in [7, 11) is 0. The zero-order valence-electron chi connectivity index (χ0n) is 11.1. The van der Waals surface area contributed by atoms with Crippen LogP contribution in [0.25, 0.3) is 11.1 Å². The highest BCUT2D eigenvalue weighted by Gasteiger charge is 2.09. The van der Waals surface area contributed by atoms with Crippen molar-refractivity contribution in [3.63, 3.8) is 0 Å². The van der Waals surface area contributed by atoms with Gasteiger partial charge in [-0.05, 0) is 23.8 Å². The van der Waals surface area contributed by atoms with Crippen LogP contribution in [0.1, 0.15) is 19.4 Å². The summed E-state index contributed by atoms with van der Waals surface area (Å²) >= 11 is 6.13. The van der Waals surface area contributed by atoms with Gasteiger partial charge in [-0.15, -0.1) is 0 Å². The molecule has 2 aromatic rings. The van der Waals surface area contributed by atoms with Crippen LogP contribution in [-0.4, -0.2) is 6.04 Å². The van der Waals surface area contributed by atoms with E-state index in [0.29, 0.717) is 16.6 Å². The average molecular weight is 278 g/mol. The maximum absolute atomic E-state index is 14.0. The first kappa shape index (κ1) is 14.0. The van der Waals surface area contributed by atoms with E-state index in [1.165, 1.54) is 6.07 Å². The summed E-state index contributed by atoms with van der Waals surface area (Å²) in [6, 6.07) is 12.9. The molecule has 0 fully saturated rings. The van der Waals surface area contributed by atoms with Gasteiger partial charge in [-0.1, -0.05) is 49.7 Å². The Hall–Kier alpha value is -1.38. The van der Waals surface area contributed by atoms with Crippen molar-refractivity contribution in [2.75, 3.05) is 0 Å². The van der Waals surface area contributed by atoms with E-state index in [9.17, 15) is 4.39 Å². The normalized spacial score (nSPS) is 11.0. The van der Waals surface area contributed by atoms with E-state index in [0.717, 1.165) is 17.7 Å². The second-order valence-electron chi connectivity index (χ2n) is 4.83. The molecule has 1 nitrogen and oxygen atoms in total. The molecule has 0 aromatic heterocycles. The average Bonchev–Trinajstić information content (AvgIpc) is 2.38. The summed E-state index contributed by atoms with van der Waals surface area (Å²) in [6.45, 7) is 4.88. The SMILES string of the molecule is CC(C)NCc1ccc(F)c(-c2ccccc2Cl)c1. The second kappa shape index (κ2) is 6.18. The fourth-order valence-electron chi connectivity index (χ4n) is 1.89. The number of benzene rings is 2. The van der Waals surface area contributed by atoms with E-state index in [4.69, 9.17) is 11.6 Å². The molecule has 100 valence electrons. The van der Waals surface area contributed by atoms with Crippen molar-refractivity contribution in [2.24, 2.45) is 0 Å². The van der Waals surface area contributed by atoms with Gasteiger partial charge >= 0.3 is 0 Å². The van der Waals surface area contributed by atoms with Crippen LogP contribution in [0.5, 0.6) is 0 Å². The molecular weight excluding hydrogens is 261 g/mol. The fourth-order valence-corrected chi connectivity index (χ4v) is 2.13. The molecule has 0 saturated heterocycles. The molecule has 0 atom stereocenters. The highest BCUT2D eigenvalue weighted by atomic mass is 35.5. The Morgan fingerprint density at radius 2 is 1.84 bits per heavy atom. The lowest BCUT2D eigenvalue weighted by Gasteiger charge is -2.11. The Morgan fingerprint density at radius 3 is 2.53 bits per heavy atom. The Morgan fingerprint density at radius 1 is 1.11 bits per heavy atom. The van der Waals surface area contributed by atoms with Crippen molar-refractivity contribution in [2.45, 2.75) is 26.4 Å². The molecule has 0 amide bonds. The van der Waals surface area contributed by atoms with Crippen LogP contribution in [0, 0.1) is 5.82 Å². The van der Waals surface area contributed by atoms with Crippen molar-refractivity contribution < 1.29 is 4.39 Å². The number of hydrogen-bond acceptors (Lipinski definition) is 1. The van der Waals surface area contributed by atoms with Gasteiger partial charge in [0.2, 0.25) is 0 Å². The Kier molecular flexibility index (Phi) is 4.56. The molecule has 0 saturated carbocycles. The molecule has 0 spiro atoms. The molecule has 0 unspecified atom stereocenters. The van der Waals surface area contributed by atoms with E-state index in [-0.39, 0.29) is 5.82 Å². The van der Waals surface area contributed by atoms with E-state index in [1.807, 2.05) is 24.3 Å². The van der Waals surface area contributed by atoms with E-state index in [2.05, 4.69) is 19.2 Å². The summed E-state index contributed by atoms with van der Waals surface area (Å²) in [5.41, 5.74) is 2.33. The predicted octanol–water partition coefficient (Wildman–Crippen LogP) is 4.64. The fraction of sp³-hybridized carbons (Fsp3) is 0.250. The van der Waals surface area contributed by atoms with Crippen LogP contribution in [0.2, 0.25) is 5.02 Å². The quantitative estimate of drug-likeness (QED) is 0.858. The standard InChI is InChI=1S/C16H17ClFN/c1-11(2)19-10-12-7-8-16(18)14(9-12)13-5-3-4-6-15(13)17/h3-9,11,19H,10H2,1-2H3. The lowest BCUT2D eigenvalue weighted by atomic mass is 10.0. The van der Waals surface area contributed by atoms with Crippen LogP contribution in [0.15, 0.2) is 42.5 Å². The maximum atomic E-state index is 14.0. The first-order valence-corrected chi connectivity index (χ1v) is 6.72. The molecule has 0 radical (unpaired) electrons. The highest BCUT2D eigenvalue weighted by Crippen LogP contribution is 2.30. The van der Waals surface area contributed by atoms with Crippen LogP contribution in [-0.2, 0) is 6.54 Å². The van der Waals surface area contributed by atoms with E-state index < -0.39 is 0 Å². The second-order valence-corrected chi connectivity index (χ2v) is 5.24. The van der Waals surface area contributed by atoms with Crippen LogP contribution >= 0.6 is 11.6 Å². The van der Waals surface area contributed by atoms with Gasteiger partial charge in [0.25, 0.3) is 0 Å². The minimum absolute atomic E-state index is 0.249. The minimum atomic E-state index is -0.249. The minimum Gasteiger partial charge on any atom is -0.310 e. The number of nitrogens with one attached hydrogen (secondary N) is 1. The predicted molar refractivity (Wildman–Crippen MR) is 78.8 cm³/mol. The van der Waals surface area contributed by atoms with Gasteiger partial charge in [-0.3, -0.25) is 0 Å². The Balaban J connectivity index is 2.35. The molecule has 19 heavy (non-hydrogen) atoms. The molecule has 0 aliphatic carbocycles. The summed E-state index contributed by atoms with van der Waals surface area (Å²) in [5.74, 6) is -0.249. The first-order valence-electron chi connectivity index (χ1n) is 6.34. The summed E-state index contributed by atoms with van der Waals surface area (Å²) in [4.78, 5) is 0. The molecule has 2 rings (SSSR count). The van der Waals surface area contributed by atoms with Crippen molar-refractivity contribution in [1.29, 1.82) is 0 Å². The van der Waals surface area contributed by atoms with Gasteiger partial charge in [-0.2, -0.15) is 0 Å². The third-order valence-electron chi connectivity index (χ3n) is 2.91. The van der Waals surface area contributed by atoms with Crippen molar-refractivity contribution in [3.8, 4) is 11.1 Å². The third-order valence-corrected chi connectivity index (χ3v) is 3.24. The third kappa shape index (κ3) is 3.55. The smallest absolute Gasteiger partial charge is 0.131 e. The van der Waals surface area contributed by atoms with Crippen LogP contribution in [0.3, 0.4) is 0 Å². The molecule has 1 N–H and O–H groups in total. The summed E-state index contributed by atoms with van der Waals surface area (Å²) < 4.78 is 14.0. The van der Waals surface area contributed by atoms with Gasteiger partial charge in [0.15, 0.2) is 0 Å². The topological polar surface area (TPSA) is 12.0 Å². The number of hydrogen-bond donors (Lipinski definition) is 1. The Labute approximate surface area is 118 Å².